The molecule has 0 unspecified atom stereocenters. The van der Waals surface area contributed by atoms with Crippen LogP contribution in [0.3, 0.4) is 0 Å². The second kappa shape index (κ2) is 5.72. The molecule has 2 rings (SSSR count). The van der Waals surface area contributed by atoms with Crippen LogP contribution in [0.4, 0.5) is 0 Å². The van der Waals surface area contributed by atoms with Crippen molar-refractivity contribution in [3.8, 4) is 11.5 Å². The summed E-state index contributed by atoms with van der Waals surface area (Å²) in [6, 6.07) is 8.45. The summed E-state index contributed by atoms with van der Waals surface area (Å²) in [4.78, 5) is 2.32. The summed E-state index contributed by atoms with van der Waals surface area (Å²) in [5.41, 5.74) is 0. The molecule has 1 aromatic rings. The quantitative estimate of drug-likeness (QED) is 0.795. The molecule has 1 N–H and O–H groups in total. The van der Waals surface area contributed by atoms with E-state index in [1.54, 1.807) is 13.2 Å². The van der Waals surface area contributed by atoms with E-state index in [0.29, 0.717) is 6.61 Å². The summed E-state index contributed by atoms with van der Waals surface area (Å²) in [5, 5.41) is 3.28. The van der Waals surface area contributed by atoms with E-state index in [4.69, 9.17) is 9.47 Å². The van der Waals surface area contributed by atoms with Crippen molar-refractivity contribution >= 4 is 0 Å². The highest BCUT2D eigenvalue weighted by Gasteiger charge is 2.10. The van der Waals surface area contributed by atoms with Gasteiger partial charge in [-0.05, 0) is 18.2 Å². The minimum Gasteiger partial charge on any atom is -0.493 e. The molecule has 0 saturated carbocycles. The Morgan fingerprint density at radius 3 is 3.19 bits per heavy atom. The van der Waals surface area contributed by atoms with Crippen LogP contribution in [0, 0.1) is 6.07 Å². The van der Waals surface area contributed by atoms with Crippen LogP contribution in [0.1, 0.15) is 0 Å². The maximum atomic E-state index is 5.68. The molecule has 1 aliphatic heterocycles. The Morgan fingerprint density at radius 2 is 2.44 bits per heavy atom. The van der Waals surface area contributed by atoms with Crippen LogP contribution in [0.2, 0.25) is 0 Å². The van der Waals surface area contributed by atoms with E-state index in [1.807, 2.05) is 12.1 Å². The van der Waals surface area contributed by atoms with Crippen molar-refractivity contribution in [2.75, 3.05) is 40.0 Å². The summed E-state index contributed by atoms with van der Waals surface area (Å²) in [6.07, 6.45) is 0. The fourth-order valence-electron chi connectivity index (χ4n) is 1.71. The Balaban J connectivity index is 1.79. The van der Waals surface area contributed by atoms with Gasteiger partial charge >= 0.3 is 0 Å². The van der Waals surface area contributed by atoms with Gasteiger partial charge in [0, 0.05) is 26.3 Å². The van der Waals surface area contributed by atoms with Crippen LogP contribution >= 0.6 is 0 Å². The smallest absolute Gasteiger partial charge is 0.161 e. The molecule has 1 aromatic carbocycles. The van der Waals surface area contributed by atoms with Gasteiger partial charge in [-0.25, -0.2) is 0 Å². The van der Waals surface area contributed by atoms with Gasteiger partial charge in [-0.15, -0.1) is 0 Å². The Labute approximate surface area is 96.2 Å². The second-order valence-corrected chi connectivity index (χ2v) is 3.70. The van der Waals surface area contributed by atoms with E-state index < -0.39 is 0 Å². The van der Waals surface area contributed by atoms with Crippen LogP contribution in [-0.2, 0) is 0 Å². The van der Waals surface area contributed by atoms with Gasteiger partial charge in [0.1, 0.15) is 6.61 Å². The fraction of sp³-hybridized carbons (Fsp3) is 0.500. The number of benzene rings is 1. The molecular weight excluding hydrogens is 204 g/mol. The molecule has 0 bridgehead atoms. The molecule has 1 saturated heterocycles. The van der Waals surface area contributed by atoms with E-state index >= 15 is 0 Å². The lowest BCUT2D eigenvalue weighted by Crippen LogP contribution is -2.27. The lowest BCUT2D eigenvalue weighted by atomic mass is 10.3. The first-order valence-electron chi connectivity index (χ1n) is 5.50. The highest BCUT2D eigenvalue weighted by molar-refractivity contribution is 5.38. The topological polar surface area (TPSA) is 33.7 Å². The molecule has 1 heterocycles. The van der Waals surface area contributed by atoms with Gasteiger partial charge < -0.3 is 14.8 Å². The molecule has 0 aliphatic carbocycles. The predicted molar refractivity (Wildman–Crippen MR) is 61.8 cm³/mol. The monoisotopic (exact) mass is 221 g/mol. The maximum Gasteiger partial charge on any atom is 0.161 e. The lowest BCUT2D eigenvalue weighted by Gasteiger charge is -2.15. The molecule has 0 spiro atoms. The highest BCUT2D eigenvalue weighted by Crippen LogP contribution is 2.25. The normalized spacial score (nSPS) is 16.3. The van der Waals surface area contributed by atoms with E-state index in [0.717, 1.165) is 37.8 Å². The Kier molecular flexibility index (Phi) is 4.02. The zero-order chi connectivity index (χ0) is 11.2. The Hall–Kier alpha value is -1.26. The standard InChI is InChI=1S/C12H17N2O2/c1-15-11-4-2-3-5-12(11)16-9-8-14-7-6-13-10-14/h3-5,13H,6-10H2,1H3. The van der Waals surface area contributed by atoms with Gasteiger partial charge in [-0.3, -0.25) is 4.90 Å². The zero-order valence-electron chi connectivity index (χ0n) is 9.53. The number of ether oxygens (including phenoxy) is 2. The van der Waals surface area contributed by atoms with Crippen molar-refractivity contribution in [3.63, 3.8) is 0 Å². The first-order valence-corrected chi connectivity index (χ1v) is 5.50. The number of nitrogens with zero attached hydrogens (tertiary/aromatic N) is 1. The molecule has 0 atom stereocenters. The Morgan fingerprint density at radius 1 is 1.50 bits per heavy atom. The molecule has 0 amide bonds. The summed E-state index contributed by atoms with van der Waals surface area (Å²) >= 11 is 0. The largest absolute Gasteiger partial charge is 0.493 e. The SMILES string of the molecule is COc1c[c]ccc1OCCN1CCNC1. The minimum absolute atomic E-state index is 0.683. The summed E-state index contributed by atoms with van der Waals surface area (Å²) in [7, 11) is 1.64. The highest BCUT2D eigenvalue weighted by atomic mass is 16.5. The average molecular weight is 221 g/mol. The van der Waals surface area contributed by atoms with E-state index in [9.17, 15) is 0 Å². The molecule has 87 valence electrons. The number of hydrogen-bond donors (Lipinski definition) is 1. The second-order valence-electron chi connectivity index (χ2n) is 3.70. The van der Waals surface area contributed by atoms with Gasteiger partial charge in [-0.2, -0.15) is 0 Å². The van der Waals surface area contributed by atoms with Gasteiger partial charge in [-0.1, -0.05) is 6.07 Å². The first kappa shape index (κ1) is 11.2. The van der Waals surface area contributed by atoms with Crippen molar-refractivity contribution in [1.82, 2.24) is 10.2 Å². The molecule has 1 aliphatic rings. The predicted octanol–water partition coefficient (Wildman–Crippen LogP) is 0.737. The van der Waals surface area contributed by atoms with Gasteiger partial charge in [0.05, 0.1) is 7.11 Å². The van der Waals surface area contributed by atoms with Gasteiger partial charge in [0.15, 0.2) is 11.5 Å². The van der Waals surface area contributed by atoms with E-state index in [1.165, 1.54) is 0 Å². The zero-order valence-corrected chi connectivity index (χ0v) is 9.53. The number of methoxy groups -OCH3 is 1. The van der Waals surface area contributed by atoms with Crippen LogP contribution in [0.25, 0.3) is 0 Å². The third-order valence-electron chi connectivity index (χ3n) is 2.61. The van der Waals surface area contributed by atoms with Crippen molar-refractivity contribution in [1.29, 1.82) is 0 Å². The minimum atomic E-state index is 0.683. The number of rotatable bonds is 5. The first-order chi connectivity index (χ1) is 7.90. The van der Waals surface area contributed by atoms with Crippen molar-refractivity contribution in [2.24, 2.45) is 0 Å². The van der Waals surface area contributed by atoms with Crippen molar-refractivity contribution in [2.45, 2.75) is 0 Å². The average Bonchev–Trinajstić information content (AvgIpc) is 2.83. The van der Waals surface area contributed by atoms with E-state index in [-0.39, 0.29) is 0 Å². The molecular formula is C12H17N2O2. The van der Waals surface area contributed by atoms with Crippen LogP contribution in [-0.4, -0.2) is 44.9 Å². The lowest BCUT2D eigenvalue weighted by molar-refractivity contribution is 0.229. The van der Waals surface area contributed by atoms with Crippen molar-refractivity contribution < 1.29 is 9.47 Å². The van der Waals surface area contributed by atoms with Crippen molar-refractivity contribution in [3.05, 3.63) is 24.3 Å². The molecule has 1 fully saturated rings. The van der Waals surface area contributed by atoms with Crippen LogP contribution in [0.15, 0.2) is 18.2 Å². The summed E-state index contributed by atoms with van der Waals surface area (Å²) in [5.74, 6) is 1.52. The Bertz CT molecular complexity index is 325. The molecule has 1 radical (unpaired) electrons. The van der Waals surface area contributed by atoms with E-state index in [2.05, 4.69) is 16.3 Å². The third-order valence-corrected chi connectivity index (χ3v) is 2.61. The van der Waals surface area contributed by atoms with Crippen LogP contribution < -0.4 is 14.8 Å². The summed E-state index contributed by atoms with van der Waals surface area (Å²) in [6.45, 7) is 4.76. The molecule has 4 heteroatoms. The van der Waals surface area contributed by atoms with Crippen LogP contribution in [0.5, 0.6) is 11.5 Å². The molecule has 0 aromatic heterocycles. The summed E-state index contributed by atoms with van der Waals surface area (Å²) < 4.78 is 10.9. The van der Waals surface area contributed by atoms with Gasteiger partial charge in [0.2, 0.25) is 0 Å². The number of hydrogen-bond acceptors (Lipinski definition) is 4. The third kappa shape index (κ3) is 2.87. The number of nitrogens with one attached hydrogen (secondary N) is 1. The van der Waals surface area contributed by atoms with Gasteiger partial charge in [0.25, 0.3) is 0 Å². The molecule has 4 nitrogen and oxygen atoms in total. The fourth-order valence-corrected chi connectivity index (χ4v) is 1.71. The molecule has 16 heavy (non-hydrogen) atoms. The maximum absolute atomic E-state index is 5.68.